The number of esters is 1. The standard InChI is InChI=1S/C9H14N2O4S/c1-6(16-5-7(12)15-2)8(13)11-4-3-10-9(11)14/h6H,3-5H2,1-2H3,(H,10,14)/t6-/m1/s1. The van der Waals surface area contributed by atoms with Gasteiger partial charge in [0.2, 0.25) is 5.91 Å². The zero-order valence-corrected chi connectivity index (χ0v) is 10.0. The average Bonchev–Trinajstić information content (AvgIpc) is 2.70. The van der Waals surface area contributed by atoms with E-state index in [0.29, 0.717) is 13.1 Å². The molecule has 0 bridgehead atoms. The molecule has 1 aliphatic rings. The van der Waals surface area contributed by atoms with E-state index in [1.807, 2.05) is 0 Å². The van der Waals surface area contributed by atoms with E-state index in [9.17, 15) is 14.4 Å². The molecule has 1 heterocycles. The molecule has 0 radical (unpaired) electrons. The number of urea groups is 1. The molecule has 16 heavy (non-hydrogen) atoms. The first-order chi connectivity index (χ1) is 7.56. The lowest BCUT2D eigenvalue weighted by atomic mass is 10.4. The summed E-state index contributed by atoms with van der Waals surface area (Å²) in [5, 5.41) is 2.12. The number of imide groups is 1. The topological polar surface area (TPSA) is 75.7 Å². The molecule has 3 amide bonds. The third-order valence-electron chi connectivity index (χ3n) is 2.15. The number of rotatable bonds is 4. The summed E-state index contributed by atoms with van der Waals surface area (Å²) in [5.74, 6) is -0.543. The molecule has 1 saturated heterocycles. The lowest BCUT2D eigenvalue weighted by molar-refractivity contribution is -0.137. The van der Waals surface area contributed by atoms with Gasteiger partial charge in [0, 0.05) is 13.1 Å². The van der Waals surface area contributed by atoms with Gasteiger partial charge in [-0.25, -0.2) is 4.79 Å². The minimum absolute atomic E-state index is 0.110. The van der Waals surface area contributed by atoms with Gasteiger partial charge in [-0.15, -0.1) is 11.8 Å². The van der Waals surface area contributed by atoms with Crippen molar-refractivity contribution in [3.63, 3.8) is 0 Å². The second-order valence-corrected chi connectivity index (χ2v) is 4.58. The third-order valence-corrected chi connectivity index (χ3v) is 3.25. The van der Waals surface area contributed by atoms with Crippen molar-refractivity contribution in [3.8, 4) is 0 Å². The molecule has 0 spiro atoms. The van der Waals surface area contributed by atoms with Gasteiger partial charge in [-0.2, -0.15) is 0 Å². The van der Waals surface area contributed by atoms with E-state index in [4.69, 9.17) is 0 Å². The maximum Gasteiger partial charge on any atom is 0.324 e. The Labute approximate surface area is 97.7 Å². The number of nitrogens with zero attached hydrogens (tertiary/aromatic N) is 1. The monoisotopic (exact) mass is 246 g/mol. The summed E-state index contributed by atoms with van der Waals surface area (Å²) in [4.78, 5) is 35.0. The van der Waals surface area contributed by atoms with E-state index in [1.54, 1.807) is 6.92 Å². The van der Waals surface area contributed by atoms with Crippen LogP contribution in [0.15, 0.2) is 0 Å². The number of thioether (sulfide) groups is 1. The fraction of sp³-hybridized carbons (Fsp3) is 0.667. The maximum absolute atomic E-state index is 11.7. The number of nitrogens with one attached hydrogen (secondary N) is 1. The van der Waals surface area contributed by atoms with Crippen LogP contribution < -0.4 is 5.32 Å². The van der Waals surface area contributed by atoms with Crippen molar-refractivity contribution < 1.29 is 19.1 Å². The SMILES string of the molecule is COC(=O)CS[C@H](C)C(=O)N1CCNC1=O. The lowest BCUT2D eigenvalue weighted by Gasteiger charge is -2.16. The Morgan fingerprint density at radius 3 is 2.81 bits per heavy atom. The molecular formula is C9H14N2O4S. The van der Waals surface area contributed by atoms with Gasteiger partial charge in [-0.05, 0) is 6.92 Å². The van der Waals surface area contributed by atoms with Crippen molar-refractivity contribution in [2.45, 2.75) is 12.2 Å². The van der Waals surface area contributed by atoms with E-state index in [1.165, 1.54) is 7.11 Å². The fourth-order valence-electron chi connectivity index (χ4n) is 1.22. The van der Waals surface area contributed by atoms with Crippen molar-refractivity contribution >= 4 is 29.7 Å². The molecule has 0 saturated carbocycles. The summed E-state index contributed by atoms with van der Waals surface area (Å²) in [6.07, 6.45) is 0. The number of ether oxygens (including phenoxy) is 1. The smallest absolute Gasteiger partial charge is 0.324 e. The summed E-state index contributed by atoms with van der Waals surface area (Å²) in [7, 11) is 1.29. The number of methoxy groups -OCH3 is 1. The van der Waals surface area contributed by atoms with Crippen LogP contribution in [-0.2, 0) is 14.3 Å². The molecule has 1 rings (SSSR count). The summed E-state index contributed by atoms with van der Waals surface area (Å²) in [6.45, 7) is 2.54. The number of hydrogen-bond donors (Lipinski definition) is 1. The van der Waals surface area contributed by atoms with Crippen LogP contribution in [-0.4, -0.2) is 54.0 Å². The first kappa shape index (κ1) is 12.8. The molecule has 7 heteroatoms. The van der Waals surface area contributed by atoms with Crippen LogP contribution in [0.3, 0.4) is 0 Å². The Kier molecular flexibility index (Phi) is 4.60. The molecule has 1 N–H and O–H groups in total. The summed E-state index contributed by atoms with van der Waals surface area (Å²) >= 11 is 1.16. The van der Waals surface area contributed by atoms with Crippen LogP contribution in [0.1, 0.15) is 6.92 Å². The highest BCUT2D eigenvalue weighted by Gasteiger charge is 2.30. The second-order valence-electron chi connectivity index (χ2n) is 3.25. The maximum atomic E-state index is 11.7. The van der Waals surface area contributed by atoms with Crippen molar-refractivity contribution in [1.82, 2.24) is 10.2 Å². The molecule has 0 aromatic carbocycles. The van der Waals surface area contributed by atoms with Gasteiger partial charge in [0.1, 0.15) is 0 Å². The molecule has 1 fully saturated rings. The molecule has 0 aliphatic carbocycles. The summed E-state index contributed by atoms with van der Waals surface area (Å²) in [6, 6.07) is -0.365. The average molecular weight is 246 g/mol. The third kappa shape index (κ3) is 3.13. The molecule has 0 unspecified atom stereocenters. The van der Waals surface area contributed by atoms with Crippen molar-refractivity contribution in [3.05, 3.63) is 0 Å². The van der Waals surface area contributed by atoms with Crippen LogP contribution in [0, 0.1) is 0 Å². The summed E-state index contributed by atoms with van der Waals surface area (Å²) < 4.78 is 4.46. The van der Waals surface area contributed by atoms with Gasteiger partial charge in [0.25, 0.3) is 0 Å². The number of carbonyl (C=O) groups is 3. The predicted octanol–water partition coefficient (Wildman–Crippen LogP) is -0.167. The molecule has 0 aromatic heterocycles. The first-order valence-electron chi connectivity index (χ1n) is 4.84. The lowest BCUT2D eigenvalue weighted by Crippen LogP contribution is -2.39. The van der Waals surface area contributed by atoms with Gasteiger partial charge < -0.3 is 10.1 Å². The van der Waals surface area contributed by atoms with Crippen molar-refractivity contribution in [2.75, 3.05) is 26.0 Å². The number of carbonyl (C=O) groups excluding carboxylic acids is 3. The quantitative estimate of drug-likeness (QED) is 0.697. The highest BCUT2D eigenvalue weighted by atomic mass is 32.2. The van der Waals surface area contributed by atoms with Gasteiger partial charge >= 0.3 is 12.0 Å². The minimum atomic E-state index is -0.428. The molecule has 1 aliphatic heterocycles. The van der Waals surface area contributed by atoms with Crippen LogP contribution in [0.2, 0.25) is 0 Å². The van der Waals surface area contributed by atoms with E-state index in [2.05, 4.69) is 10.1 Å². The normalized spacial score (nSPS) is 16.9. The number of amides is 3. The zero-order valence-electron chi connectivity index (χ0n) is 9.19. The van der Waals surface area contributed by atoms with Crippen molar-refractivity contribution in [1.29, 1.82) is 0 Å². The van der Waals surface area contributed by atoms with E-state index in [-0.39, 0.29) is 23.7 Å². The summed E-state index contributed by atoms with van der Waals surface area (Å²) in [5.41, 5.74) is 0. The Hall–Kier alpha value is -1.24. The Morgan fingerprint density at radius 1 is 1.62 bits per heavy atom. The minimum Gasteiger partial charge on any atom is -0.468 e. The first-order valence-corrected chi connectivity index (χ1v) is 5.88. The Morgan fingerprint density at radius 2 is 2.31 bits per heavy atom. The van der Waals surface area contributed by atoms with E-state index in [0.717, 1.165) is 16.7 Å². The zero-order chi connectivity index (χ0) is 12.1. The van der Waals surface area contributed by atoms with Gasteiger partial charge in [-0.3, -0.25) is 14.5 Å². The Bertz CT molecular complexity index is 308. The van der Waals surface area contributed by atoms with Gasteiger partial charge in [-0.1, -0.05) is 0 Å². The van der Waals surface area contributed by atoms with Crippen LogP contribution in [0.25, 0.3) is 0 Å². The van der Waals surface area contributed by atoms with Crippen LogP contribution in [0.5, 0.6) is 0 Å². The van der Waals surface area contributed by atoms with Crippen LogP contribution >= 0.6 is 11.8 Å². The Balaban J connectivity index is 2.41. The fourth-order valence-corrected chi connectivity index (χ4v) is 2.00. The van der Waals surface area contributed by atoms with Crippen LogP contribution in [0.4, 0.5) is 4.79 Å². The van der Waals surface area contributed by atoms with Gasteiger partial charge in [0.15, 0.2) is 0 Å². The van der Waals surface area contributed by atoms with E-state index >= 15 is 0 Å². The molecule has 90 valence electrons. The molecular weight excluding hydrogens is 232 g/mol. The van der Waals surface area contributed by atoms with Crippen molar-refractivity contribution in [2.24, 2.45) is 0 Å². The largest absolute Gasteiger partial charge is 0.468 e. The molecule has 0 aromatic rings. The molecule has 1 atom stereocenters. The molecule has 6 nitrogen and oxygen atoms in total. The number of hydrogen-bond acceptors (Lipinski definition) is 5. The second kappa shape index (κ2) is 5.74. The predicted molar refractivity (Wildman–Crippen MR) is 59.0 cm³/mol. The van der Waals surface area contributed by atoms with E-state index < -0.39 is 5.25 Å². The highest BCUT2D eigenvalue weighted by Crippen LogP contribution is 2.14. The highest BCUT2D eigenvalue weighted by molar-refractivity contribution is 8.01. The van der Waals surface area contributed by atoms with Gasteiger partial charge in [0.05, 0.1) is 18.1 Å².